The number of unbranched alkanes of at least 4 members (excludes halogenated alkanes) is 2. The lowest BCUT2D eigenvalue weighted by atomic mass is 9.81. The van der Waals surface area contributed by atoms with Crippen molar-refractivity contribution in [3.8, 4) is 12.3 Å². The van der Waals surface area contributed by atoms with Gasteiger partial charge in [0.2, 0.25) is 11.6 Å². The van der Waals surface area contributed by atoms with Crippen molar-refractivity contribution in [2.75, 3.05) is 24.5 Å². The molecule has 0 aliphatic carbocycles. The summed E-state index contributed by atoms with van der Waals surface area (Å²) in [6.45, 7) is 11.5. The minimum absolute atomic E-state index is 0.0811. The van der Waals surface area contributed by atoms with E-state index in [1.165, 1.54) is 24.3 Å². The first kappa shape index (κ1) is 36.8. The van der Waals surface area contributed by atoms with Crippen molar-refractivity contribution >= 4 is 43.2 Å². The van der Waals surface area contributed by atoms with Crippen molar-refractivity contribution in [3.63, 3.8) is 0 Å². The summed E-state index contributed by atoms with van der Waals surface area (Å²) in [4.78, 5) is 13.6. The Bertz CT molecular complexity index is 1980. The fourth-order valence-electron chi connectivity index (χ4n) is 6.53. The molecule has 2 heterocycles. The normalized spacial score (nSPS) is 17.7. The van der Waals surface area contributed by atoms with Gasteiger partial charge in [0.25, 0.3) is 10.1 Å². The summed E-state index contributed by atoms with van der Waals surface area (Å²) in [5, 5.41) is 2.67. The fourth-order valence-corrected chi connectivity index (χ4v) is 7.54. The van der Waals surface area contributed by atoms with Gasteiger partial charge in [0, 0.05) is 53.9 Å². The number of carbonyl (C=O) groups is 1. The van der Waals surface area contributed by atoms with Crippen molar-refractivity contribution < 1.29 is 35.3 Å². The van der Waals surface area contributed by atoms with Crippen LogP contribution in [0.25, 0.3) is 0 Å². The molecule has 0 fully saturated rings. The monoisotopic (exact) mass is 693 g/mol. The third-order valence-electron chi connectivity index (χ3n) is 9.03. The number of fused-ring (bicyclic) bond motifs is 2. The van der Waals surface area contributed by atoms with Gasteiger partial charge in [-0.15, -0.1) is 6.42 Å². The minimum Gasteiger partial charge on any atom is -0.744 e. The number of amides is 1. The highest BCUT2D eigenvalue weighted by Crippen LogP contribution is 2.48. The van der Waals surface area contributed by atoms with E-state index in [1.54, 1.807) is 12.1 Å². The average Bonchev–Trinajstić information content (AvgIpc) is 3.36. The molecule has 2 aliphatic heterocycles. The van der Waals surface area contributed by atoms with Gasteiger partial charge >= 0.3 is 0 Å². The second-order valence-electron chi connectivity index (χ2n) is 12.9. The molecule has 48 heavy (non-hydrogen) atoms. The first-order valence-corrected chi connectivity index (χ1v) is 18.7. The van der Waals surface area contributed by atoms with Crippen LogP contribution in [0.3, 0.4) is 0 Å². The number of terminal acetylenes is 1. The smallest absolute Gasteiger partial charge is 0.294 e. The Balaban J connectivity index is 1.60. The molecule has 2 aromatic carbocycles. The second kappa shape index (κ2) is 14.2. The Morgan fingerprint density at radius 2 is 1.67 bits per heavy atom. The lowest BCUT2D eigenvalue weighted by molar-refractivity contribution is -0.438. The van der Waals surface area contributed by atoms with Gasteiger partial charge < -0.3 is 14.8 Å². The van der Waals surface area contributed by atoms with Gasteiger partial charge in [-0.1, -0.05) is 38.0 Å². The van der Waals surface area contributed by atoms with Crippen molar-refractivity contribution in [1.82, 2.24) is 5.32 Å². The number of carbonyl (C=O) groups excluding carboxylic acids is 1. The topological polar surface area (TPSA) is 147 Å². The predicted octanol–water partition coefficient (Wildman–Crippen LogP) is 5.34. The zero-order chi connectivity index (χ0) is 35.5. The molecule has 0 saturated heterocycles. The van der Waals surface area contributed by atoms with E-state index in [1.807, 2.05) is 65.0 Å². The summed E-state index contributed by atoms with van der Waals surface area (Å²) >= 11 is 0. The molecular weight excluding hydrogens is 651 g/mol. The molecule has 0 saturated carbocycles. The second-order valence-corrected chi connectivity index (χ2v) is 15.7. The number of nitrogens with zero attached hydrogens (tertiary/aromatic N) is 2. The first-order valence-electron chi connectivity index (χ1n) is 15.8. The maximum atomic E-state index is 12.0. The summed E-state index contributed by atoms with van der Waals surface area (Å²) in [6.07, 6.45) is 17.6. The van der Waals surface area contributed by atoms with Gasteiger partial charge in [0.15, 0.2) is 5.71 Å². The van der Waals surface area contributed by atoms with E-state index in [2.05, 4.69) is 20.7 Å². The van der Waals surface area contributed by atoms with E-state index in [4.69, 9.17) is 6.42 Å². The molecule has 2 aliphatic rings. The molecule has 2 N–H and O–H groups in total. The molecule has 2 aromatic rings. The van der Waals surface area contributed by atoms with Gasteiger partial charge in [-0.2, -0.15) is 13.0 Å². The van der Waals surface area contributed by atoms with Crippen LogP contribution in [0.5, 0.6) is 0 Å². The Morgan fingerprint density at radius 3 is 2.31 bits per heavy atom. The van der Waals surface area contributed by atoms with Gasteiger partial charge in [-0.3, -0.25) is 9.35 Å². The quantitative estimate of drug-likeness (QED) is 0.0941. The SMILES string of the molecule is C#CCNC(=O)CCCCC[N+]1=C(/C=C/C=C/C=C2/N(CC)c3ccc(S(=O)(=O)[O-])cc3C2(C)C)C(C)(C)c2cc(S(=O)(=O)O)ccc21. The van der Waals surface area contributed by atoms with Crippen molar-refractivity contribution in [2.24, 2.45) is 0 Å². The van der Waals surface area contributed by atoms with Crippen molar-refractivity contribution in [1.29, 1.82) is 0 Å². The summed E-state index contributed by atoms with van der Waals surface area (Å²) in [6, 6.07) is 9.15. The van der Waals surface area contributed by atoms with Crippen LogP contribution in [0.2, 0.25) is 0 Å². The van der Waals surface area contributed by atoms with Crippen molar-refractivity contribution in [3.05, 3.63) is 83.6 Å². The zero-order valence-corrected chi connectivity index (χ0v) is 29.6. The summed E-state index contributed by atoms with van der Waals surface area (Å²) in [5.41, 5.74) is 4.04. The number of anilines is 1. The van der Waals surface area contributed by atoms with Gasteiger partial charge in [0.05, 0.1) is 21.8 Å². The van der Waals surface area contributed by atoms with Crippen LogP contribution in [0.15, 0.2) is 82.3 Å². The van der Waals surface area contributed by atoms with E-state index in [9.17, 15) is 30.7 Å². The third-order valence-corrected chi connectivity index (χ3v) is 10.7. The molecular formula is C36H43N3O7S2. The summed E-state index contributed by atoms with van der Waals surface area (Å²) in [7, 11) is -8.98. The molecule has 0 spiro atoms. The Labute approximate surface area is 284 Å². The Morgan fingerprint density at radius 1 is 0.979 bits per heavy atom. The largest absolute Gasteiger partial charge is 0.744 e. The highest BCUT2D eigenvalue weighted by atomic mass is 32.2. The van der Waals surface area contributed by atoms with Gasteiger partial charge in [0.1, 0.15) is 16.7 Å². The number of hydrogen-bond acceptors (Lipinski definition) is 7. The molecule has 0 unspecified atom stereocenters. The number of nitrogens with one attached hydrogen (secondary N) is 1. The van der Waals surface area contributed by atoms with Crippen molar-refractivity contribution in [2.45, 2.75) is 80.9 Å². The Kier molecular flexibility index (Phi) is 10.9. The molecule has 1 amide bonds. The van der Waals surface area contributed by atoms with E-state index >= 15 is 0 Å². The van der Waals surface area contributed by atoms with Crippen LogP contribution >= 0.6 is 0 Å². The predicted molar refractivity (Wildman–Crippen MR) is 186 cm³/mol. The van der Waals surface area contributed by atoms with E-state index in [0.29, 0.717) is 25.9 Å². The molecule has 0 atom stereocenters. The summed E-state index contributed by atoms with van der Waals surface area (Å²) < 4.78 is 70.9. The average molecular weight is 694 g/mol. The van der Waals surface area contributed by atoms with Crippen LogP contribution in [0.1, 0.15) is 71.4 Å². The molecule has 0 aromatic heterocycles. The molecule has 0 bridgehead atoms. The number of likely N-dealkylation sites (N-methyl/N-ethyl adjacent to an activating group) is 1. The molecule has 10 nitrogen and oxygen atoms in total. The number of rotatable bonds is 13. The first-order chi connectivity index (χ1) is 22.4. The van der Waals surface area contributed by atoms with Gasteiger partial charge in [-0.05, 0) is 75.6 Å². The van der Waals surface area contributed by atoms with Crippen LogP contribution in [-0.4, -0.2) is 61.8 Å². The maximum absolute atomic E-state index is 12.0. The number of allylic oxidation sites excluding steroid dienone is 6. The molecule has 12 heteroatoms. The highest BCUT2D eigenvalue weighted by molar-refractivity contribution is 7.86. The number of benzene rings is 2. The van der Waals surface area contributed by atoms with E-state index in [0.717, 1.165) is 46.8 Å². The third kappa shape index (κ3) is 7.65. The van der Waals surface area contributed by atoms with Crippen LogP contribution in [0.4, 0.5) is 11.4 Å². The minimum atomic E-state index is -4.59. The van der Waals surface area contributed by atoms with Crippen LogP contribution in [0, 0.1) is 12.3 Å². The Hall–Kier alpha value is -4.02. The lowest BCUT2D eigenvalue weighted by Crippen LogP contribution is -2.28. The van der Waals surface area contributed by atoms with E-state index in [-0.39, 0.29) is 22.2 Å². The molecule has 4 rings (SSSR count). The number of hydrogen-bond donors (Lipinski definition) is 2. The summed E-state index contributed by atoms with van der Waals surface area (Å²) in [5.74, 6) is 2.31. The standard InChI is InChI=1S/C36H43N3O7S2/c1-7-22-37-34(40)17-13-10-14-23-39-31-21-19-27(48(44,45)46)25-29(31)36(5,6)33(39)16-12-9-11-15-32-35(3,4)28-24-26(47(41,42)43)18-20-30(28)38(32)8-2/h1,9,11-12,15-16,18-21,24-25H,8,10,13-14,17,22-23H2,2-6H3,(H2-,37,40,41,42,43,44,45,46). The highest BCUT2D eigenvalue weighted by Gasteiger charge is 2.45. The lowest BCUT2D eigenvalue weighted by Gasteiger charge is -2.25. The van der Waals surface area contributed by atoms with Crippen LogP contribution < -0.4 is 10.2 Å². The zero-order valence-electron chi connectivity index (χ0n) is 28.0. The maximum Gasteiger partial charge on any atom is 0.294 e. The molecule has 256 valence electrons. The van der Waals surface area contributed by atoms with Crippen LogP contribution in [-0.2, 0) is 35.9 Å². The van der Waals surface area contributed by atoms with E-state index < -0.39 is 31.1 Å². The van der Waals surface area contributed by atoms with Gasteiger partial charge in [-0.25, -0.2) is 8.42 Å². The fraction of sp³-hybridized carbons (Fsp3) is 0.389. The molecule has 0 radical (unpaired) electrons.